The number of nitrogen functional groups attached to an aromatic ring is 1. The number of anilines is 2. The van der Waals surface area contributed by atoms with Gasteiger partial charge in [-0.05, 0) is 19.1 Å². The second-order valence-electron chi connectivity index (χ2n) is 4.47. The predicted octanol–water partition coefficient (Wildman–Crippen LogP) is 0.210. The molecule has 1 aromatic carbocycles. The molecule has 0 spiro atoms. The molecule has 0 saturated carbocycles. The minimum Gasteiger partial charge on any atom is -0.395 e. The first-order chi connectivity index (χ1) is 9.71. The van der Waals surface area contributed by atoms with Crippen molar-refractivity contribution in [3.8, 4) is 0 Å². The molecule has 8 nitrogen and oxygen atoms in total. The third-order valence-corrected chi connectivity index (χ3v) is 3.89. The van der Waals surface area contributed by atoms with Crippen LogP contribution in [0.1, 0.15) is 16.2 Å². The van der Waals surface area contributed by atoms with E-state index in [1.54, 1.807) is 20.0 Å². The van der Waals surface area contributed by atoms with E-state index < -0.39 is 15.9 Å². The number of aryl methyl sites for hydroxylation is 2. The van der Waals surface area contributed by atoms with Crippen LogP contribution in [0.2, 0.25) is 0 Å². The van der Waals surface area contributed by atoms with E-state index in [0.29, 0.717) is 5.69 Å². The zero-order valence-electron chi connectivity index (χ0n) is 11.5. The summed E-state index contributed by atoms with van der Waals surface area (Å²) >= 11 is 0. The van der Waals surface area contributed by atoms with Gasteiger partial charge in [0.05, 0.1) is 17.1 Å². The van der Waals surface area contributed by atoms with Crippen LogP contribution in [0, 0.1) is 6.92 Å². The normalized spacial score (nSPS) is 11.4. The molecule has 0 atom stereocenters. The number of rotatable bonds is 3. The van der Waals surface area contributed by atoms with Crippen molar-refractivity contribution in [2.75, 3.05) is 11.1 Å². The van der Waals surface area contributed by atoms with Crippen LogP contribution in [0.5, 0.6) is 0 Å². The first-order valence-electron chi connectivity index (χ1n) is 5.94. The summed E-state index contributed by atoms with van der Waals surface area (Å²) in [6.07, 6.45) is 0. The van der Waals surface area contributed by atoms with Crippen molar-refractivity contribution in [3.63, 3.8) is 0 Å². The van der Waals surface area contributed by atoms with E-state index in [0.717, 1.165) is 0 Å². The zero-order chi connectivity index (χ0) is 15.8. The fourth-order valence-electron chi connectivity index (χ4n) is 1.94. The SMILES string of the molecule is Cc1nn(C)c(C(=O)Nc2ccccc2S(N)(=O)=O)c1N. The molecular formula is C12H15N5O3S. The molecular weight excluding hydrogens is 294 g/mol. The van der Waals surface area contributed by atoms with Crippen molar-refractivity contribution in [1.29, 1.82) is 0 Å². The second kappa shape index (κ2) is 5.19. The Morgan fingerprint density at radius 1 is 1.33 bits per heavy atom. The largest absolute Gasteiger partial charge is 0.395 e. The Balaban J connectivity index is 2.42. The van der Waals surface area contributed by atoms with Gasteiger partial charge in [0.15, 0.2) is 0 Å². The van der Waals surface area contributed by atoms with Crippen molar-refractivity contribution in [3.05, 3.63) is 35.7 Å². The lowest BCUT2D eigenvalue weighted by Crippen LogP contribution is -2.21. The van der Waals surface area contributed by atoms with Crippen LogP contribution in [-0.2, 0) is 17.1 Å². The van der Waals surface area contributed by atoms with Gasteiger partial charge >= 0.3 is 0 Å². The van der Waals surface area contributed by atoms with Crippen molar-refractivity contribution in [1.82, 2.24) is 9.78 Å². The number of hydrogen-bond donors (Lipinski definition) is 3. The van der Waals surface area contributed by atoms with E-state index in [1.165, 1.54) is 22.9 Å². The molecule has 2 aromatic rings. The topological polar surface area (TPSA) is 133 Å². The first kappa shape index (κ1) is 15.0. The van der Waals surface area contributed by atoms with Crippen molar-refractivity contribution in [2.24, 2.45) is 12.2 Å². The molecule has 1 amide bonds. The van der Waals surface area contributed by atoms with Crippen LogP contribution in [0.3, 0.4) is 0 Å². The van der Waals surface area contributed by atoms with E-state index in [4.69, 9.17) is 10.9 Å². The Morgan fingerprint density at radius 2 is 1.95 bits per heavy atom. The Kier molecular flexibility index (Phi) is 3.71. The highest BCUT2D eigenvalue weighted by Crippen LogP contribution is 2.22. The Morgan fingerprint density at radius 3 is 2.48 bits per heavy atom. The highest BCUT2D eigenvalue weighted by Gasteiger charge is 2.21. The second-order valence-corrected chi connectivity index (χ2v) is 6.00. The zero-order valence-corrected chi connectivity index (χ0v) is 12.3. The maximum absolute atomic E-state index is 12.3. The standard InChI is InChI=1S/C12H15N5O3S/c1-7-10(13)11(17(2)16-7)12(18)15-8-5-3-4-6-9(8)21(14,19)20/h3-6H,13H2,1-2H3,(H,15,18)(H2,14,19,20). The van der Waals surface area contributed by atoms with Gasteiger partial charge in [-0.15, -0.1) is 0 Å². The Hall–Kier alpha value is -2.39. The van der Waals surface area contributed by atoms with Crippen LogP contribution in [0.15, 0.2) is 29.2 Å². The molecule has 5 N–H and O–H groups in total. The van der Waals surface area contributed by atoms with Gasteiger partial charge in [0.2, 0.25) is 10.0 Å². The molecule has 0 unspecified atom stereocenters. The monoisotopic (exact) mass is 309 g/mol. The van der Waals surface area contributed by atoms with Crippen LogP contribution >= 0.6 is 0 Å². The smallest absolute Gasteiger partial charge is 0.276 e. The maximum atomic E-state index is 12.3. The number of aromatic nitrogens is 2. The van der Waals surface area contributed by atoms with E-state index in [9.17, 15) is 13.2 Å². The molecule has 2 rings (SSSR count). The summed E-state index contributed by atoms with van der Waals surface area (Å²) in [6.45, 7) is 1.67. The number of sulfonamides is 1. The number of hydrogen-bond acceptors (Lipinski definition) is 5. The first-order valence-corrected chi connectivity index (χ1v) is 7.48. The Bertz CT molecular complexity index is 810. The number of carbonyl (C=O) groups is 1. The van der Waals surface area contributed by atoms with E-state index in [-0.39, 0.29) is 22.0 Å². The van der Waals surface area contributed by atoms with Crippen molar-refractivity contribution in [2.45, 2.75) is 11.8 Å². The minimum absolute atomic E-state index is 0.0863. The number of primary sulfonamides is 1. The predicted molar refractivity (Wildman–Crippen MR) is 78.1 cm³/mol. The molecule has 0 aliphatic carbocycles. The molecule has 21 heavy (non-hydrogen) atoms. The van der Waals surface area contributed by atoms with Crippen LogP contribution in [0.4, 0.5) is 11.4 Å². The average Bonchev–Trinajstić information content (AvgIpc) is 2.62. The fourth-order valence-corrected chi connectivity index (χ4v) is 2.64. The number of benzene rings is 1. The summed E-state index contributed by atoms with van der Waals surface area (Å²) in [7, 11) is -2.37. The number of carbonyl (C=O) groups excluding carboxylic acids is 1. The highest BCUT2D eigenvalue weighted by atomic mass is 32.2. The van der Waals surface area contributed by atoms with E-state index in [2.05, 4.69) is 10.4 Å². The summed E-state index contributed by atoms with van der Waals surface area (Å²) in [5, 5.41) is 11.6. The van der Waals surface area contributed by atoms with Crippen molar-refractivity contribution >= 4 is 27.3 Å². The summed E-state index contributed by atoms with van der Waals surface area (Å²) in [4.78, 5) is 12.1. The van der Waals surface area contributed by atoms with Gasteiger partial charge in [-0.25, -0.2) is 13.6 Å². The number of nitrogens with one attached hydrogen (secondary N) is 1. The molecule has 9 heteroatoms. The molecule has 0 fully saturated rings. The molecule has 0 aliphatic rings. The van der Waals surface area contributed by atoms with Gasteiger partial charge in [0.1, 0.15) is 10.6 Å². The number of nitrogens with two attached hydrogens (primary N) is 2. The van der Waals surface area contributed by atoms with Crippen molar-refractivity contribution < 1.29 is 13.2 Å². The van der Waals surface area contributed by atoms with Gasteiger partial charge in [-0.1, -0.05) is 12.1 Å². The minimum atomic E-state index is -3.94. The summed E-state index contributed by atoms with van der Waals surface area (Å²) in [6, 6.07) is 5.85. The fraction of sp³-hybridized carbons (Fsp3) is 0.167. The summed E-state index contributed by atoms with van der Waals surface area (Å²) in [5.41, 5.74) is 6.79. The quantitative estimate of drug-likeness (QED) is 0.745. The number of nitrogens with zero attached hydrogens (tertiary/aromatic N) is 2. The van der Waals surface area contributed by atoms with Crippen LogP contribution < -0.4 is 16.2 Å². The van der Waals surface area contributed by atoms with E-state index >= 15 is 0 Å². The van der Waals surface area contributed by atoms with Gasteiger partial charge in [-0.2, -0.15) is 5.10 Å². The number of para-hydroxylation sites is 1. The average molecular weight is 309 g/mol. The lowest BCUT2D eigenvalue weighted by Gasteiger charge is -2.10. The molecule has 0 radical (unpaired) electrons. The third-order valence-electron chi connectivity index (χ3n) is 2.93. The summed E-state index contributed by atoms with van der Waals surface area (Å²) < 4.78 is 24.3. The Labute approximate surface area is 121 Å². The molecule has 0 aliphatic heterocycles. The van der Waals surface area contributed by atoms with Gasteiger partial charge in [0, 0.05) is 7.05 Å². The maximum Gasteiger partial charge on any atom is 0.276 e. The van der Waals surface area contributed by atoms with Crippen LogP contribution in [0.25, 0.3) is 0 Å². The van der Waals surface area contributed by atoms with Crippen LogP contribution in [-0.4, -0.2) is 24.1 Å². The highest BCUT2D eigenvalue weighted by molar-refractivity contribution is 7.89. The molecule has 1 heterocycles. The molecule has 0 saturated heterocycles. The van der Waals surface area contributed by atoms with Gasteiger partial charge < -0.3 is 11.1 Å². The third kappa shape index (κ3) is 2.88. The van der Waals surface area contributed by atoms with E-state index in [1.807, 2.05) is 0 Å². The molecule has 1 aromatic heterocycles. The summed E-state index contributed by atoms with van der Waals surface area (Å²) in [5.74, 6) is -0.563. The lowest BCUT2D eigenvalue weighted by molar-refractivity contribution is 0.101. The van der Waals surface area contributed by atoms with Gasteiger partial charge in [0.25, 0.3) is 5.91 Å². The molecule has 112 valence electrons. The molecule has 0 bridgehead atoms. The van der Waals surface area contributed by atoms with Gasteiger partial charge in [-0.3, -0.25) is 9.48 Å². The number of amides is 1. The lowest BCUT2D eigenvalue weighted by atomic mass is 10.2.